The third-order valence-corrected chi connectivity index (χ3v) is 4.42. The van der Waals surface area contributed by atoms with Crippen molar-refractivity contribution in [2.45, 2.75) is 38.0 Å². The average molecular weight is 252 g/mol. The van der Waals surface area contributed by atoms with Crippen molar-refractivity contribution >= 4 is 11.6 Å². The molecule has 1 aliphatic rings. The van der Waals surface area contributed by atoms with E-state index in [9.17, 15) is 0 Å². The van der Waals surface area contributed by atoms with Crippen LogP contribution in [0.2, 0.25) is 5.02 Å². The summed E-state index contributed by atoms with van der Waals surface area (Å²) in [7, 11) is 2.05. The molecule has 0 heterocycles. The molecular formula is C15H22ClN. The fraction of sp³-hybridized carbons (Fsp3) is 0.600. The summed E-state index contributed by atoms with van der Waals surface area (Å²) in [5, 5.41) is 4.23. The summed E-state index contributed by atoms with van der Waals surface area (Å²) in [4.78, 5) is 0. The van der Waals surface area contributed by atoms with E-state index in [2.05, 4.69) is 30.4 Å². The number of benzene rings is 1. The molecule has 0 aromatic heterocycles. The number of nitrogens with one attached hydrogen (secondary N) is 1. The van der Waals surface area contributed by atoms with Gasteiger partial charge in [-0.3, -0.25) is 0 Å². The monoisotopic (exact) mass is 251 g/mol. The number of hydrogen-bond donors (Lipinski definition) is 1. The van der Waals surface area contributed by atoms with E-state index < -0.39 is 0 Å². The van der Waals surface area contributed by atoms with Crippen molar-refractivity contribution in [3.63, 3.8) is 0 Å². The number of rotatable bonds is 3. The molecule has 0 aliphatic heterocycles. The zero-order chi connectivity index (χ0) is 12.3. The van der Waals surface area contributed by atoms with E-state index >= 15 is 0 Å². The van der Waals surface area contributed by atoms with Gasteiger partial charge in [0.25, 0.3) is 0 Å². The van der Waals surface area contributed by atoms with E-state index in [-0.39, 0.29) is 0 Å². The van der Waals surface area contributed by atoms with Crippen molar-refractivity contribution in [1.29, 1.82) is 0 Å². The van der Waals surface area contributed by atoms with Crippen LogP contribution in [0.3, 0.4) is 0 Å². The molecule has 1 fully saturated rings. The van der Waals surface area contributed by atoms with Crippen molar-refractivity contribution in [2.24, 2.45) is 5.92 Å². The van der Waals surface area contributed by atoms with Crippen LogP contribution in [-0.2, 0) is 5.41 Å². The second-order valence-corrected chi connectivity index (χ2v) is 5.94. The molecule has 0 spiro atoms. The van der Waals surface area contributed by atoms with Gasteiger partial charge < -0.3 is 5.32 Å². The van der Waals surface area contributed by atoms with Crippen molar-refractivity contribution < 1.29 is 0 Å². The van der Waals surface area contributed by atoms with Gasteiger partial charge in [0.2, 0.25) is 0 Å². The summed E-state index contributed by atoms with van der Waals surface area (Å²) >= 11 is 6.13. The third kappa shape index (κ3) is 2.83. The van der Waals surface area contributed by atoms with E-state index in [1.54, 1.807) is 0 Å². The van der Waals surface area contributed by atoms with Crippen molar-refractivity contribution in [1.82, 2.24) is 5.32 Å². The second-order valence-electron chi connectivity index (χ2n) is 5.50. The lowest BCUT2D eigenvalue weighted by Crippen LogP contribution is -2.40. The molecule has 0 saturated heterocycles. The Bertz CT molecular complexity index is 367. The molecule has 0 bridgehead atoms. The minimum atomic E-state index is 0.298. The highest BCUT2D eigenvalue weighted by atomic mass is 35.5. The highest BCUT2D eigenvalue weighted by molar-refractivity contribution is 6.30. The predicted molar refractivity (Wildman–Crippen MR) is 74.7 cm³/mol. The number of likely N-dealkylation sites (N-methyl/N-ethyl adjacent to an activating group) is 1. The first-order chi connectivity index (χ1) is 8.16. The number of halogens is 1. The van der Waals surface area contributed by atoms with Crippen LogP contribution < -0.4 is 5.32 Å². The van der Waals surface area contributed by atoms with E-state index in [0.29, 0.717) is 5.41 Å². The highest BCUT2D eigenvalue weighted by Gasteiger charge is 2.35. The molecule has 0 unspecified atom stereocenters. The second kappa shape index (κ2) is 5.41. The average Bonchev–Trinajstić information content (AvgIpc) is 2.33. The van der Waals surface area contributed by atoms with E-state index in [1.807, 2.05) is 13.1 Å². The minimum absolute atomic E-state index is 0.298. The fourth-order valence-electron chi connectivity index (χ4n) is 3.04. The van der Waals surface area contributed by atoms with Gasteiger partial charge in [0, 0.05) is 17.0 Å². The van der Waals surface area contributed by atoms with Gasteiger partial charge in [-0.25, -0.2) is 0 Å². The largest absolute Gasteiger partial charge is 0.319 e. The topological polar surface area (TPSA) is 12.0 Å². The van der Waals surface area contributed by atoms with Crippen LogP contribution in [-0.4, -0.2) is 13.6 Å². The summed E-state index contributed by atoms with van der Waals surface area (Å²) in [6.07, 6.45) is 5.20. The van der Waals surface area contributed by atoms with E-state index in [0.717, 1.165) is 17.5 Å². The van der Waals surface area contributed by atoms with Crippen LogP contribution in [0.15, 0.2) is 24.3 Å². The van der Waals surface area contributed by atoms with E-state index in [4.69, 9.17) is 11.6 Å². The molecular weight excluding hydrogens is 230 g/mol. The Morgan fingerprint density at radius 2 is 2.06 bits per heavy atom. The van der Waals surface area contributed by atoms with E-state index in [1.165, 1.54) is 31.2 Å². The van der Waals surface area contributed by atoms with Crippen molar-refractivity contribution in [3.8, 4) is 0 Å². The van der Waals surface area contributed by atoms with Crippen molar-refractivity contribution in [3.05, 3.63) is 34.9 Å². The van der Waals surface area contributed by atoms with Crippen LogP contribution in [0.1, 0.15) is 38.2 Å². The Labute approximate surface area is 110 Å². The lowest BCUT2D eigenvalue weighted by Gasteiger charge is -2.40. The van der Waals surface area contributed by atoms with Crippen LogP contribution in [0.5, 0.6) is 0 Å². The Balaban J connectivity index is 2.27. The zero-order valence-electron chi connectivity index (χ0n) is 10.8. The normalized spacial score (nSPS) is 29.2. The van der Waals surface area contributed by atoms with Gasteiger partial charge in [0.1, 0.15) is 0 Å². The van der Waals surface area contributed by atoms with Crippen LogP contribution >= 0.6 is 11.6 Å². The molecule has 1 aliphatic carbocycles. The summed E-state index contributed by atoms with van der Waals surface area (Å²) in [6.45, 7) is 3.42. The lowest BCUT2D eigenvalue weighted by atomic mass is 9.67. The smallest absolute Gasteiger partial charge is 0.0408 e. The summed E-state index contributed by atoms with van der Waals surface area (Å²) < 4.78 is 0. The summed E-state index contributed by atoms with van der Waals surface area (Å²) in [5.74, 6) is 0.874. The Hall–Kier alpha value is -0.530. The quantitative estimate of drug-likeness (QED) is 0.856. The Morgan fingerprint density at radius 1 is 1.35 bits per heavy atom. The lowest BCUT2D eigenvalue weighted by molar-refractivity contribution is 0.237. The highest BCUT2D eigenvalue weighted by Crippen LogP contribution is 2.41. The first-order valence-corrected chi connectivity index (χ1v) is 6.95. The number of hydrogen-bond acceptors (Lipinski definition) is 1. The molecule has 94 valence electrons. The molecule has 0 amide bonds. The van der Waals surface area contributed by atoms with Gasteiger partial charge in [-0.1, -0.05) is 30.7 Å². The van der Waals surface area contributed by atoms with Crippen LogP contribution in [0, 0.1) is 5.92 Å². The molecule has 1 saturated carbocycles. The Morgan fingerprint density at radius 3 is 2.65 bits per heavy atom. The molecule has 2 heteroatoms. The molecule has 1 aromatic rings. The minimum Gasteiger partial charge on any atom is -0.319 e. The molecule has 2 rings (SSSR count). The molecule has 0 radical (unpaired) electrons. The standard InChI is InChI=1S/C15H22ClN/c1-12-6-8-15(9-7-12,11-17-2)13-4-3-5-14(16)10-13/h3-5,10,12,17H,6-9,11H2,1-2H3. The molecule has 0 atom stereocenters. The predicted octanol–water partition coefficient (Wildman–Crippen LogP) is 4.01. The van der Waals surface area contributed by atoms with Gasteiger partial charge >= 0.3 is 0 Å². The Kier molecular flexibility index (Phi) is 4.11. The first kappa shape index (κ1) is 12.9. The molecule has 1 N–H and O–H groups in total. The van der Waals surface area contributed by atoms with Crippen LogP contribution in [0.25, 0.3) is 0 Å². The molecule has 17 heavy (non-hydrogen) atoms. The first-order valence-electron chi connectivity index (χ1n) is 6.57. The molecule has 1 nitrogen and oxygen atoms in total. The zero-order valence-corrected chi connectivity index (χ0v) is 11.6. The SMILES string of the molecule is CNCC1(c2cccc(Cl)c2)CCC(C)CC1. The van der Waals surface area contributed by atoms with Gasteiger partial charge in [0.15, 0.2) is 0 Å². The molecule has 1 aromatic carbocycles. The van der Waals surface area contributed by atoms with Gasteiger partial charge in [-0.05, 0) is 56.3 Å². The van der Waals surface area contributed by atoms with Crippen LogP contribution in [0.4, 0.5) is 0 Å². The fourth-order valence-corrected chi connectivity index (χ4v) is 3.23. The third-order valence-electron chi connectivity index (χ3n) is 4.18. The maximum atomic E-state index is 6.13. The van der Waals surface area contributed by atoms with Gasteiger partial charge in [-0.2, -0.15) is 0 Å². The van der Waals surface area contributed by atoms with Gasteiger partial charge in [0.05, 0.1) is 0 Å². The summed E-state index contributed by atoms with van der Waals surface area (Å²) in [6, 6.07) is 8.42. The maximum Gasteiger partial charge on any atom is 0.0408 e. The van der Waals surface area contributed by atoms with Gasteiger partial charge in [-0.15, -0.1) is 0 Å². The van der Waals surface area contributed by atoms with Crippen molar-refractivity contribution in [2.75, 3.05) is 13.6 Å². The maximum absolute atomic E-state index is 6.13. The summed E-state index contributed by atoms with van der Waals surface area (Å²) in [5.41, 5.74) is 1.71.